The predicted octanol–water partition coefficient (Wildman–Crippen LogP) is 7.95. The lowest BCUT2D eigenvalue weighted by atomic mass is 9.70. The summed E-state index contributed by atoms with van der Waals surface area (Å²) in [7, 11) is 1.40. The van der Waals surface area contributed by atoms with Crippen molar-refractivity contribution in [3.05, 3.63) is 47.5 Å². The number of carbonyl (C=O) groups is 1. The van der Waals surface area contributed by atoms with Crippen LogP contribution in [0.15, 0.2) is 36.4 Å². The van der Waals surface area contributed by atoms with Crippen LogP contribution >= 0.6 is 22.6 Å². The first-order chi connectivity index (χ1) is 17.3. The van der Waals surface area contributed by atoms with Gasteiger partial charge in [0, 0.05) is 18.2 Å². The number of anilines is 2. The number of carbonyl (C=O) groups excluding carboxylic acids is 1. The zero-order chi connectivity index (χ0) is 27.0. The Bertz CT molecular complexity index is 1270. The van der Waals surface area contributed by atoms with Gasteiger partial charge in [-0.3, -0.25) is 4.79 Å². The third kappa shape index (κ3) is 6.91. The van der Waals surface area contributed by atoms with Crippen LogP contribution in [0.2, 0.25) is 0 Å². The molecule has 4 rings (SSSR count). The molecule has 9 heteroatoms. The number of nitrogens with zero attached hydrogens (tertiary/aromatic N) is 2. The van der Waals surface area contributed by atoms with Crippen LogP contribution in [-0.2, 0) is 16.0 Å². The second kappa shape index (κ2) is 10.7. The van der Waals surface area contributed by atoms with E-state index in [-0.39, 0.29) is 23.2 Å². The number of hydrogen-bond donors (Lipinski definition) is 1. The van der Waals surface area contributed by atoms with Gasteiger partial charge in [-0.1, -0.05) is 20.8 Å². The minimum atomic E-state index is -3.27. The number of aryl methyl sites for hydroxylation is 2. The molecule has 6 nitrogen and oxygen atoms in total. The van der Waals surface area contributed by atoms with E-state index < -0.39 is 4.12 Å². The van der Waals surface area contributed by atoms with E-state index in [0.29, 0.717) is 24.7 Å². The molecular weight excluding hydrogens is 591 g/mol. The van der Waals surface area contributed by atoms with E-state index in [1.54, 1.807) is 12.1 Å². The summed E-state index contributed by atoms with van der Waals surface area (Å²) in [6.07, 6.45) is 4.15. The van der Waals surface area contributed by atoms with Crippen molar-refractivity contribution in [3.63, 3.8) is 0 Å². The van der Waals surface area contributed by atoms with Gasteiger partial charge in [0.2, 0.25) is 5.95 Å². The zero-order valence-electron chi connectivity index (χ0n) is 21.9. The van der Waals surface area contributed by atoms with E-state index in [1.807, 2.05) is 0 Å². The lowest BCUT2D eigenvalue weighted by Crippen LogP contribution is -2.29. The first-order valence-electron chi connectivity index (χ1n) is 12.5. The van der Waals surface area contributed by atoms with Gasteiger partial charge in [0.05, 0.1) is 40.7 Å². The van der Waals surface area contributed by atoms with Crippen LogP contribution < -0.4 is 10.1 Å². The topological polar surface area (TPSA) is 65.4 Å². The summed E-state index contributed by atoms with van der Waals surface area (Å²) >= 11 is 0.955. The van der Waals surface area contributed by atoms with Crippen molar-refractivity contribution in [3.8, 4) is 5.75 Å². The smallest absolute Gasteiger partial charge is 0.451 e. The van der Waals surface area contributed by atoms with Gasteiger partial charge in [0.15, 0.2) is 0 Å². The molecule has 3 aromatic rings. The highest BCUT2D eigenvalue weighted by Gasteiger charge is 2.35. The molecule has 0 radical (unpaired) electrons. The fourth-order valence-corrected chi connectivity index (χ4v) is 5.97. The molecule has 2 atom stereocenters. The van der Waals surface area contributed by atoms with Crippen LogP contribution in [0.4, 0.5) is 20.4 Å². The number of imidazole rings is 1. The molecule has 1 heterocycles. The van der Waals surface area contributed by atoms with Gasteiger partial charge < -0.3 is 19.4 Å². The second-order valence-electron chi connectivity index (χ2n) is 10.9. The van der Waals surface area contributed by atoms with E-state index in [2.05, 4.69) is 54.4 Å². The van der Waals surface area contributed by atoms with Crippen molar-refractivity contribution in [1.82, 2.24) is 9.55 Å². The molecule has 200 valence electrons. The van der Waals surface area contributed by atoms with Gasteiger partial charge in [0.25, 0.3) is 0 Å². The molecule has 0 aliphatic heterocycles. The second-order valence-corrected chi connectivity index (χ2v) is 12.2. The van der Waals surface area contributed by atoms with Crippen molar-refractivity contribution in [2.75, 3.05) is 12.4 Å². The minimum Gasteiger partial charge on any atom is -0.469 e. The van der Waals surface area contributed by atoms with E-state index in [4.69, 9.17) is 9.72 Å². The lowest BCUT2D eigenvalue weighted by molar-refractivity contribution is -0.140. The number of aromatic nitrogens is 2. The van der Waals surface area contributed by atoms with Crippen LogP contribution in [-0.4, -0.2) is 26.7 Å². The van der Waals surface area contributed by atoms with Crippen molar-refractivity contribution in [1.29, 1.82) is 0 Å². The Kier molecular flexibility index (Phi) is 8.02. The van der Waals surface area contributed by atoms with Crippen LogP contribution in [0.3, 0.4) is 0 Å². The molecular formula is C28H34F2IN3O3. The number of fused-ring (bicyclic) bond motifs is 1. The minimum absolute atomic E-state index is 0.0900. The van der Waals surface area contributed by atoms with Crippen LogP contribution in [0, 0.1) is 18.3 Å². The van der Waals surface area contributed by atoms with E-state index in [1.165, 1.54) is 25.7 Å². The molecule has 0 spiro atoms. The maximum Gasteiger partial charge on any atom is 0.451 e. The Morgan fingerprint density at radius 2 is 1.95 bits per heavy atom. The first kappa shape index (κ1) is 27.6. The molecule has 0 bridgehead atoms. The molecule has 1 aliphatic carbocycles. The summed E-state index contributed by atoms with van der Waals surface area (Å²) in [5.74, 6) is 1.14. The van der Waals surface area contributed by atoms with Gasteiger partial charge in [0.1, 0.15) is 5.75 Å². The lowest BCUT2D eigenvalue weighted by Gasteiger charge is -2.40. The average Bonchev–Trinajstić information content (AvgIpc) is 3.12. The number of nitrogens with one attached hydrogen (secondary N) is 1. The normalized spacial score (nSPS) is 19.6. The molecule has 37 heavy (non-hydrogen) atoms. The summed E-state index contributed by atoms with van der Waals surface area (Å²) in [6, 6.07) is 10.9. The third-order valence-electron chi connectivity index (χ3n) is 7.05. The molecule has 1 aliphatic rings. The van der Waals surface area contributed by atoms with E-state index in [9.17, 15) is 13.6 Å². The summed E-state index contributed by atoms with van der Waals surface area (Å²) in [6.45, 7) is 9.00. The van der Waals surface area contributed by atoms with E-state index >= 15 is 0 Å². The largest absolute Gasteiger partial charge is 0.469 e. The number of rotatable bonds is 8. The molecule has 1 saturated carbocycles. The maximum absolute atomic E-state index is 13.2. The van der Waals surface area contributed by atoms with E-state index in [0.717, 1.165) is 63.3 Å². The highest BCUT2D eigenvalue weighted by Crippen LogP contribution is 2.46. The van der Waals surface area contributed by atoms with Gasteiger partial charge >= 0.3 is 10.1 Å². The number of esters is 1. The summed E-state index contributed by atoms with van der Waals surface area (Å²) in [5.41, 5.74) is 5.00. The monoisotopic (exact) mass is 625 g/mol. The summed E-state index contributed by atoms with van der Waals surface area (Å²) in [4.78, 5) is 16.7. The van der Waals surface area contributed by atoms with Crippen LogP contribution in [0.5, 0.6) is 5.75 Å². The van der Waals surface area contributed by atoms with Gasteiger partial charge in [-0.2, -0.15) is 8.78 Å². The predicted molar refractivity (Wildman–Crippen MR) is 150 cm³/mol. The Labute approximate surface area is 230 Å². The molecule has 1 N–H and O–H groups in total. The summed E-state index contributed by atoms with van der Waals surface area (Å²) < 4.78 is 34.9. The number of methoxy groups -OCH3 is 1. The molecule has 2 aromatic carbocycles. The molecule has 0 saturated heterocycles. The van der Waals surface area contributed by atoms with Crippen molar-refractivity contribution >= 4 is 51.2 Å². The molecule has 1 aromatic heterocycles. The Morgan fingerprint density at radius 1 is 1.24 bits per heavy atom. The van der Waals surface area contributed by atoms with Crippen molar-refractivity contribution in [2.45, 2.75) is 70.0 Å². The Morgan fingerprint density at radius 3 is 2.57 bits per heavy atom. The fraction of sp³-hybridized carbons (Fsp3) is 0.500. The SMILES string of the molecule is COC(=O)CCc1cc2nc(Nc3ccc(OC(F)(F)I)cc3)n([C@H]3C[C@@H](C)CC(C)(C)C3)c2cc1C. The number of ether oxygens (including phenoxy) is 2. The quantitative estimate of drug-likeness (QED) is 0.156. The van der Waals surface area contributed by atoms with Gasteiger partial charge in [-0.15, -0.1) is 0 Å². The standard InChI is InChI=1S/C28H34F2IN3O3/c1-17-12-21(16-27(3,4)15-17)34-24-13-18(2)19(6-11-25(35)36-5)14-23(24)33-26(34)32-20-7-9-22(10-8-20)37-28(29,30)31/h7-10,13-14,17,21H,6,11-12,15-16H2,1-5H3,(H,32,33)/t17-,21+/m1/s1. The van der Waals surface area contributed by atoms with Gasteiger partial charge in [-0.05, 0) is 91.5 Å². The molecule has 0 unspecified atom stereocenters. The number of hydrogen-bond acceptors (Lipinski definition) is 5. The van der Waals surface area contributed by atoms with Gasteiger partial charge in [-0.25, -0.2) is 4.98 Å². The Balaban J connectivity index is 1.73. The van der Waals surface area contributed by atoms with Crippen molar-refractivity contribution in [2.24, 2.45) is 11.3 Å². The Hall–Kier alpha value is -2.43. The first-order valence-corrected chi connectivity index (χ1v) is 13.6. The number of benzene rings is 2. The number of halogens is 3. The molecule has 0 amide bonds. The van der Waals surface area contributed by atoms with Crippen LogP contribution in [0.25, 0.3) is 11.0 Å². The van der Waals surface area contributed by atoms with Crippen LogP contribution in [0.1, 0.15) is 63.6 Å². The maximum atomic E-state index is 13.2. The summed E-state index contributed by atoms with van der Waals surface area (Å²) in [5, 5.41) is 3.42. The third-order valence-corrected chi connectivity index (χ3v) is 7.27. The highest BCUT2D eigenvalue weighted by atomic mass is 127. The average molecular weight is 625 g/mol. The van der Waals surface area contributed by atoms with Crippen molar-refractivity contribution < 1.29 is 23.0 Å². The zero-order valence-corrected chi connectivity index (χ0v) is 24.1. The fourth-order valence-electron chi connectivity index (χ4n) is 5.72. The highest BCUT2D eigenvalue weighted by molar-refractivity contribution is 14.1. The molecule has 1 fully saturated rings. The number of alkyl halides is 3.